The number of ketones is 1. The van der Waals surface area contributed by atoms with Crippen LogP contribution in [-0.4, -0.2) is 48.2 Å². The van der Waals surface area contributed by atoms with E-state index >= 15 is 0 Å². The number of carbonyl (C=O) groups is 2. The molecule has 0 bridgehead atoms. The number of nitrogens with zero attached hydrogens (tertiary/aromatic N) is 1. The summed E-state index contributed by atoms with van der Waals surface area (Å²) in [5, 5.41) is 0. The normalized spacial score (nSPS) is 18.9. The van der Waals surface area contributed by atoms with E-state index < -0.39 is 29.3 Å². The zero-order valence-electron chi connectivity index (χ0n) is 13.0. The minimum absolute atomic E-state index is 0.0341. The Morgan fingerprint density at radius 1 is 1.32 bits per heavy atom. The van der Waals surface area contributed by atoms with E-state index in [4.69, 9.17) is 9.47 Å². The van der Waals surface area contributed by atoms with Crippen molar-refractivity contribution in [2.75, 3.05) is 19.8 Å². The van der Waals surface area contributed by atoms with Crippen LogP contribution in [0.1, 0.15) is 31.1 Å². The molecule has 0 aliphatic carbocycles. The first-order valence-electron chi connectivity index (χ1n) is 7.16. The summed E-state index contributed by atoms with van der Waals surface area (Å²) in [6, 6.07) is 4.83. The molecule has 1 aromatic rings. The Balaban J connectivity index is 2.21. The number of rotatable bonds is 2. The van der Waals surface area contributed by atoms with Crippen molar-refractivity contribution in [1.29, 1.82) is 0 Å². The Morgan fingerprint density at radius 3 is 2.64 bits per heavy atom. The second-order valence-electron chi connectivity index (χ2n) is 6.11. The van der Waals surface area contributed by atoms with Gasteiger partial charge in [-0.2, -0.15) is 0 Å². The molecule has 1 heterocycles. The van der Waals surface area contributed by atoms with Crippen LogP contribution < -0.4 is 0 Å². The summed E-state index contributed by atoms with van der Waals surface area (Å²) in [5.74, 6) is -1.09. The largest absolute Gasteiger partial charge is 0.444 e. The SMILES string of the molecule is CC(C)(C)OC(=O)N1CCOCC1C(=O)c1ccccc1F. The van der Waals surface area contributed by atoms with Gasteiger partial charge in [0.1, 0.15) is 17.5 Å². The molecule has 1 saturated heterocycles. The minimum Gasteiger partial charge on any atom is -0.444 e. The van der Waals surface area contributed by atoms with Gasteiger partial charge in [0.15, 0.2) is 5.78 Å². The molecule has 1 amide bonds. The lowest BCUT2D eigenvalue weighted by molar-refractivity contribution is -0.0266. The summed E-state index contributed by atoms with van der Waals surface area (Å²) in [6.45, 7) is 5.84. The maximum atomic E-state index is 13.8. The fourth-order valence-electron chi connectivity index (χ4n) is 2.20. The summed E-state index contributed by atoms with van der Waals surface area (Å²) < 4.78 is 24.4. The first-order valence-corrected chi connectivity index (χ1v) is 7.16. The molecule has 0 spiro atoms. The standard InChI is InChI=1S/C16H20FNO4/c1-16(2,3)22-15(20)18-8-9-21-10-13(18)14(19)11-6-4-5-7-12(11)17/h4-7,13H,8-10H2,1-3H3. The zero-order chi connectivity index (χ0) is 16.3. The van der Waals surface area contributed by atoms with Crippen molar-refractivity contribution >= 4 is 11.9 Å². The van der Waals surface area contributed by atoms with Crippen molar-refractivity contribution in [1.82, 2.24) is 4.90 Å². The van der Waals surface area contributed by atoms with Crippen molar-refractivity contribution in [3.63, 3.8) is 0 Å². The predicted molar refractivity (Wildman–Crippen MR) is 78.3 cm³/mol. The molecular weight excluding hydrogens is 289 g/mol. The van der Waals surface area contributed by atoms with Crippen molar-refractivity contribution in [3.8, 4) is 0 Å². The monoisotopic (exact) mass is 309 g/mol. The number of carbonyl (C=O) groups excluding carboxylic acids is 2. The fraction of sp³-hybridized carbons (Fsp3) is 0.500. The van der Waals surface area contributed by atoms with Gasteiger partial charge >= 0.3 is 6.09 Å². The summed E-state index contributed by atoms with van der Waals surface area (Å²) in [6.07, 6.45) is -0.592. The fourth-order valence-corrected chi connectivity index (χ4v) is 2.20. The first-order chi connectivity index (χ1) is 10.3. The van der Waals surface area contributed by atoms with E-state index in [1.54, 1.807) is 26.8 Å². The molecule has 6 heteroatoms. The quantitative estimate of drug-likeness (QED) is 0.788. The number of hydrogen-bond acceptors (Lipinski definition) is 4. The molecule has 120 valence electrons. The van der Waals surface area contributed by atoms with Gasteiger partial charge in [-0.3, -0.25) is 9.69 Å². The molecule has 1 atom stereocenters. The molecule has 0 saturated carbocycles. The van der Waals surface area contributed by atoms with Crippen molar-refractivity contribution in [2.24, 2.45) is 0 Å². The average Bonchev–Trinajstić information content (AvgIpc) is 2.45. The number of ether oxygens (including phenoxy) is 2. The van der Waals surface area contributed by atoms with Crippen molar-refractivity contribution < 1.29 is 23.5 Å². The van der Waals surface area contributed by atoms with Gasteiger partial charge in [0.05, 0.1) is 18.8 Å². The molecule has 0 N–H and O–H groups in total. The third-order valence-electron chi connectivity index (χ3n) is 3.20. The van der Waals surface area contributed by atoms with Gasteiger partial charge in [-0.05, 0) is 32.9 Å². The average molecular weight is 309 g/mol. The highest BCUT2D eigenvalue weighted by Crippen LogP contribution is 2.19. The molecule has 1 fully saturated rings. The minimum atomic E-state index is -0.875. The van der Waals surface area contributed by atoms with Crippen LogP contribution in [0.3, 0.4) is 0 Å². The van der Waals surface area contributed by atoms with Crippen LogP contribution in [0.4, 0.5) is 9.18 Å². The first kappa shape index (κ1) is 16.4. The highest BCUT2D eigenvalue weighted by Gasteiger charge is 2.36. The van der Waals surface area contributed by atoms with Crippen molar-refractivity contribution in [3.05, 3.63) is 35.6 Å². The van der Waals surface area contributed by atoms with Crippen LogP contribution in [0.15, 0.2) is 24.3 Å². The molecule has 0 radical (unpaired) electrons. The van der Waals surface area contributed by atoms with Gasteiger partial charge in [0.25, 0.3) is 0 Å². The Morgan fingerprint density at radius 2 is 2.00 bits per heavy atom. The van der Waals surface area contributed by atoms with Gasteiger partial charge in [0.2, 0.25) is 0 Å². The Labute approximate surface area is 129 Å². The maximum Gasteiger partial charge on any atom is 0.411 e. The Hall–Kier alpha value is -1.95. The summed E-state index contributed by atoms with van der Waals surface area (Å²) in [5.41, 5.74) is -0.715. The second-order valence-corrected chi connectivity index (χ2v) is 6.11. The van der Waals surface area contributed by atoms with E-state index in [2.05, 4.69) is 0 Å². The highest BCUT2D eigenvalue weighted by molar-refractivity contribution is 6.01. The van der Waals surface area contributed by atoms with E-state index in [1.165, 1.54) is 23.1 Å². The lowest BCUT2D eigenvalue weighted by Gasteiger charge is -2.35. The molecular formula is C16H20FNO4. The lowest BCUT2D eigenvalue weighted by atomic mass is 10.0. The molecule has 1 aliphatic rings. The third kappa shape index (κ3) is 3.82. The van der Waals surface area contributed by atoms with Gasteiger partial charge in [0, 0.05) is 6.54 Å². The summed E-state index contributed by atoms with van der Waals surface area (Å²) in [7, 11) is 0. The Kier molecular flexibility index (Phi) is 4.81. The van der Waals surface area contributed by atoms with E-state index in [-0.39, 0.29) is 18.7 Å². The van der Waals surface area contributed by atoms with Gasteiger partial charge < -0.3 is 9.47 Å². The maximum absolute atomic E-state index is 13.8. The van der Waals surface area contributed by atoms with Crippen molar-refractivity contribution in [2.45, 2.75) is 32.4 Å². The van der Waals surface area contributed by atoms with E-state index in [9.17, 15) is 14.0 Å². The van der Waals surface area contributed by atoms with Crippen LogP contribution >= 0.6 is 0 Å². The van der Waals surface area contributed by atoms with E-state index in [0.717, 1.165) is 0 Å². The highest BCUT2D eigenvalue weighted by atomic mass is 19.1. The van der Waals surface area contributed by atoms with Gasteiger partial charge in [-0.25, -0.2) is 9.18 Å². The molecule has 1 aliphatic heterocycles. The van der Waals surface area contributed by atoms with E-state index in [1.807, 2.05) is 0 Å². The second kappa shape index (κ2) is 6.44. The van der Waals surface area contributed by atoms with Crippen LogP contribution in [0.5, 0.6) is 0 Å². The number of halogens is 1. The van der Waals surface area contributed by atoms with Crippen LogP contribution in [-0.2, 0) is 9.47 Å². The summed E-state index contributed by atoms with van der Waals surface area (Å²) >= 11 is 0. The van der Waals surface area contributed by atoms with E-state index in [0.29, 0.717) is 6.61 Å². The zero-order valence-corrected chi connectivity index (χ0v) is 13.0. The molecule has 0 aromatic heterocycles. The molecule has 1 unspecified atom stereocenters. The number of amides is 1. The van der Waals surface area contributed by atoms with Crippen LogP contribution in [0.25, 0.3) is 0 Å². The Bertz CT molecular complexity index is 568. The predicted octanol–water partition coefficient (Wildman–Crippen LogP) is 2.64. The lowest BCUT2D eigenvalue weighted by Crippen LogP contribution is -2.54. The summed E-state index contributed by atoms with van der Waals surface area (Å²) in [4.78, 5) is 26.1. The number of hydrogen-bond donors (Lipinski definition) is 0. The number of morpholine rings is 1. The third-order valence-corrected chi connectivity index (χ3v) is 3.20. The topological polar surface area (TPSA) is 55.8 Å². The van der Waals surface area contributed by atoms with Gasteiger partial charge in [-0.15, -0.1) is 0 Å². The number of Topliss-reactive ketones (excluding diaryl/α,β-unsaturated/α-hetero) is 1. The molecule has 5 nitrogen and oxygen atoms in total. The molecule has 22 heavy (non-hydrogen) atoms. The molecule has 2 rings (SSSR count). The van der Waals surface area contributed by atoms with Gasteiger partial charge in [-0.1, -0.05) is 12.1 Å². The smallest absolute Gasteiger partial charge is 0.411 e. The van der Waals surface area contributed by atoms with Crippen LogP contribution in [0, 0.1) is 5.82 Å². The molecule has 1 aromatic carbocycles. The van der Waals surface area contributed by atoms with Crippen LogP contribution in [0.2, 0.25) is 0 Å². The number of benzene rings is 1.